The van der Waals surface area contributed by atoms with Crippen molar-refractivity contribution in [1.29, 1.82) is 0 Å². The van der Waals surface area contributed by atoms with Crippen molar-refractivity contribution >= 4 is 15.7 Å². The lowest BCUT2D eigenvalue weighted by atomic mass is 9.76. The number of hydrogen-bond donors (Lipinski definition) is 3. The molecule has 0 bridgehead atoms. The highest BCUT2D eigenvalue weighted by molar-refractivity contribution is 7.89. The van der Waals surface area contributed by atoms with Gasteiger partial charge in [-0.2, -0.15) is 13.2 Å². The van der Waals surface area contributed by atoms with Crippen LogP contribution in [0.2, 0.25) is 0 Å². The summed E-state index contributed by atoms with van der Waals surface area (Å²) < 4.78 is 73.8. The van der Waals surface area contributed by atoms with Gasteiger partial charge in [0.1, 0.15) is 0 Å². The van der Waals surface area contributed by atoms with Crippen LogP contribution in [0, 0.1) is 5.92 Å². The number of alkyl halides is 3. The van der Waals surface area contributed by atoms with Crippen molar-refractivity contribution in [2.75, 3.05) is 31.2 Å². The predicted octanol–water partition coefficient (Wildman–Crippen LogP) is 4.63. The standard InChI is InChI=1S/C25H32F3N3O3S/c1-29-13-5-15-35(32,33)30-14-12-19-9-10-20-23(17-6-3-2-4-7-17)31-22-11-8-18(25(26,27)28)16-21(22)24(20)34-19/h2-4,6-8,11,16,19-20,23-24,29-31H,5,9-10,12-15H2,1H3/t19-,20+,23+,24+/m1/s1. The summed E-state index contributed by atoms with van der Waals surface area (Å²) in [6.07, 6.45) is -2.75. The third kappa shape index (κ3) is 6.35. The normalized spacial score (nSPS) is 24.3. The molecule has 1 fully saturated rings. The first-order chi connectivity index (χ1) is 16.7. The van der Waals surface area contributed by atoms with Gasteiger partial charge in [0.2, 0.25) is 10.0 Å². The Morgan fingerprint density at radius 2 is 1.86 bits per heavy atom. The quantitative estimate of drug-likeness (QED) is 0.428. The summed E-state index contributed by atoms with van der Waals surface area (Å²) in [5, 5.41) is 6.37. The van der Waals surface area contributed by atoms with Crippen LogP contribution in [0.1, 0.15) is 54.5 Å². The lowest BCUT2D eigenvalue weighted by Crippen LogP contribution is -2.40. The fourth-order valence-electron chi connectivity index (χ4n) is 5.02. The van der Waals surface area contributed by atoms with Crippen LogP contribution in [-0.4, -0.2) is 40.4 Å². The number of ether oxygens (including phenoxy) is 1. The first kappa shape index (κ1) is 25.9. The Morgan fingerprint density at radius 1 is 1.09 bits per heavy atom. The number of hydrogen-bond acceptors (Lipinski definition) is 5. The topological polar surface area (TPSA) is 79.5 Å². The van der Waals surface area contributed by atoms with Crippen LogP contribution in [0.3, 0.4) is 0 Å². The van der Waals surface area contributed by atoms with E-state index in [0.717, 1.165) is 18.1 Å². The molecule has 0 aliphatic carbocycles. The SMILES string of the molecule is CNCCCS(=O)(=O)NCC[C@H]1CC[C@@H]2[C@H](O1)c1cc(C(F)(F)F)ccc1N[C@H]2c1ccccc1. The molecule has 0 spiro atoms. The van der Waals surface area contributed by atoms with Crippen molar-refractivity contribution in [3.8, 4) is 0 Å². The molecule has 0 amide bonds. The molecule has 2 aliphatic rings. The second-order valence-electron chi connectivity index (χ2n) is 9.21. The van der Waals surface area contributed by atoms with Crippen molar-refractivity contribution < 1.29 is 26.3 Å². The molecule has 2 aromatic carbocycles. The minimum atomic E-state index is -4.44. The van der Waals surface area contributed by atoms with E-state index in [-0.39, 0.29) is 30.4 Å². The Balaban J connectivity index is 1.51. The second kappa shape index (κ2) is 10.9. The molecular weight excluding hydrogens is 479 g/mol. The molecule has 1 saturated heterocycles. The largest absolute Gasteiger partial charge is 0.416 e. The molecule has 3 N–H and O–H groups in total. The summed E-state index contributed by atoms with van der Waals surface area (Å²) >= 11 is 0. The van der Waals surface area contributed by atoms with Gasteiger partial charge in [-0.25, -0.2) is 13.1 Å². The number of halogens is 3. The fourth-order valence-corrected chi connectivity index (χ4v) is 6.12. The number of benzene rings is 2. The summed E-state index contributed by atoms with van der Waals surface area (Å²) in [6, 6.07) is 13.5. The number of sulfonamides is 1. The van der Waals surface area contributed by atoms with Crippen molar-refractivity contribution in [2.24, 2.45) is 5.92 Å². The van der Waals surface area contributed by atoms with Crippen LogP contribution in [0.25, 0.3) is 0 Å². The van der Waals surface area contributed by atoms with E-state index in [9.17, 15) is 21.6 Å². The average molecular weight is 512 g/mol. The van der Waals surface area contributed by atoms with Crippen molar-refractivity contribution in [1.82, 2.24) is 10.0 Å². The average Bonchev–Trinajstić information content (AvgIpc) is 2.83. The zero-order chi connectivity index (χ0) is 25.1. The molecule has 4 rings (SSSR count). The third-order valence-electron chi connectivity index (χ3n) is 6.76. The van der Waals surface area contributed by atoms with Gasteiger partial charge in [0.25, 0.3) is 0 Å². The number of rotatable bonds is 9. The Hall–Kier alpha value is -2.14. The summed E-state index contributed by atoms with van der Waals surface area (Å²) in [4.78, 5) is 0. The van der Waals surface area contributed by atoms with Crippen LogP contribution >= 0.6 is 0 Å². The maximum absolute atomic E-state index is 13.5. The molecule has 0 saturated carbocycles. The Kier molecular flexibility index (Phi) is 8.05. The maximum atomic E-state index is 13.5. The van der Waals surface area contributed by atoms with Gasteiger partial charge < -0.3 is 15.4 Å². The monoisotopic (exact) mass is 511 g/mol. The van der Waals surface area contributed by atoms with Gasteiger partial charge in [-0.1, -0.05) is 30.3 Å². The number of anilines is 1. The highest BCUT2D eigenvalue weighted by Crippen LogP contribution is 2.51. The Bertz CT molecular complexity index is 1100. The zero-order valence-electron chi connectivity index (χ0n) is 19.6. The van der Waals surface area contributed by atoms with Gasteiger partial charge in [-0.05, 0) is 63.0 Å². The lowest BCUT2D eigenvalue weighted by Gasteiger charge is -2.46. The van der Waals surface area contributed by atoms with Crippen LogP contribution in [0.4, 0.5) is 18.9 Å². The smallest absolute Gasteiger partial charge is 0.378 e. The molecule has 35 heavy (non-hydrogen) atoms. The second-order valence-corrected chi connectivity index (χ2v) is 11.1. The van der Waals surface area contributed by atoms with E-state index in [4.69, 9.17) is 4.74 Å². The highest BCUT2D eigenvalue weighted by atomic mass is 32.2. The molecule has 0 aromatic heterocycles. The van der Waals surface area contributed by atoms with E-state index >= 15 is 0 Å². The summed E-state index contributed by atoms with van der Waals surface area (Å²) in [7, 11) is -1.60. The number of fused-ring (bicyclic) bond motifs is 3. The van der Waals surface area contributed by atoms with Crippen molar-refractivity contribution in [3.05, 3.63) is 65.2 Å². The van der Waals surface area contributed by atoms with E-state index in [1.54, 1.807) is 7.05 Å². The molecule has 2 heterocycles. The van der Waals surface area contributed by atoms with Gasteiger partial charge in [0.05, 0.1) is 29.6 Å². The minimum absolute atomic E-state index is 0.0390. The first-order valence-corrected chi connectivity index (χ1v) is 13.6. The molecule has 4 atom stereocenters. The van der Waals surface area contributed by atoms with Crippen LogP contribution in [0.5, 0.6) is 0 Å². The molecule has 0 unspecified atom stereocenters. The van der Waals surface area contributed by atoms with Gasteiger partial charge in [-0.15, -0.1) is 0 Å². The van der Waals surface area contributed by atoms with E-state index < -0.39 is 27.9 Å². The molecule has 10 heteroatoms. The van der Waals surface area contributed by atoms with E-state index in [1.165, 1.54) is 12.1 Å². The molecule has 2 aliphatic heterocycles. The summed E-state index contributed by atoms with van der Waals surface area (Å²) in [6.45, 7) is 0.853. The van der Waals surface area contributed by atoms with Gasteiger partial charge >= 0.3 is 6.18 Å². The molecule has 0 radical (unpaired) electrons. The Morgan fingerprint density at radius 3 is 2.57 bits per heavy atom. The van der Waals surface area contributed by atoms with Gasteiger partial charge in [-0.3, -0.25) is 0 Å². The van der Waals surface area contributed by atoms with Crippen LogP contribution < -0.4 is 15.4 Å². The van der Waals surface area contributed by atoms with Crippen LogP contribution in [-0.2, 0) is 20.9 Å². The predicted molar refractivity (Wildman–Crippen MR) is 130 cm³/mol. The maximum Gasteiger partial charge on any atom is 0.416 e. The third-order valence-corrected chi connectivity index (χ3v) is 8.23. The molecular formula is C25H32F3N3O3S. The number of nitrogens with one attached hydrogen (secondary N) is 3. The fraction of sp³-hybridized carbons (Fsp3) is 0.520. The van der Waals surface area contributed by atoms with Gasteiger partial charge in [0.15, 0.2) is 0 Å². The summed E-state index contributed by atoms with van der Waals surface area (Å²) in [5.41, 5.74) is 1.51. The Labute approximate surface area is 204 Å². The van der Waals surface area contributed by atoms with E-state index in [1.807, 2.05) is 30.3 Å². The zero-order valence-corrected chi connectivity index (χ0v) is 20.5. The minimum Gasteiger partial charge on any atom is -0.378 e. The van der Waals surface area contributed by atoms with Crippen molar-refractivity contribution in [2.45, 2.75) is 50.1 Å². The molecule has 192 valence electrons. The molecule has 6 nitrogen and oxygen atoms in total. The van der Waals surface area contributed by atoms with Gasteiger partial charge in [0, 0.05) is 23.7 Å². The van der Waals surface area contributed by atoms with Crippen LogP contribution in [0.15, 0.2) is 48.5 Å². The van der Waals surface area contributed by atoms with Crippen molar-refractivity contribution in [3.63, 3.8) is 0 Å². The van der Waals surface area contributed by atoms with E-state index in [0.29, 0.717) is 37.1 Å². The molecule has 2 aromatic rings. The summed E-state index contributed by atoms with van der Waals surface area (Å²) in [5.74, 6) is 0.00472. The highest BCUT2D eigenvalue weighted by Gasteiger charge is 2.43. The van der Waals surface area contributed by atoms with E-state index in [2.05, 4.69) is 15.4 Å². The lowest BCUT2D eigenvalue weighted by molar-refractivity contribution is -0.138. The first-order valence-electron chi connectivity index (χ1n) is 12.0.